The van der Waals surface area contributed by atoms with Crippen LogP contribution in [0.15, 0.2) is 146 Å². The van der Waals surface area contributed by atoms with Crippen LogP contribution in [-0.4, -0.2) is 120 Å². The molecule has 2 aliphatic heterocycles. The highest BCUT2D eigenvalue weighted by molar-refractivity contribution is 7.92. The quantitative estimate of drug-likeness (QED) is 0.0815. The number of carbonyl (C=O) groups is 5. The highest BCUT2D eigenvalue weighted by atomic mass is 32.2. The van der Waals surface area contributed by atoms with Crippen molar-refractivity contribution in [2.45, 2.75) is 154 Å². The Morgan fingerprint density at radius 1 is 0.473 bits per heavy atom. The van der Waals surface area contributed by atoms with Gasteiger partial charge in [0.05, 0.1) is 47.9 Å². The Kier molecular flexibility index (Phi) is 25.3. The predicted octanol–water partition coefficient (Wildman–Crippen LogP) is 17.3. The van der Waals surface area contributed by atoms with Crippen molar-refractivity contribution >= 4 is 58.0 Å². The SMILES string of the molecule is CCOC(=O)N[C@@H]1CC[C@@H]2[C@@H](C1)C[C@@H]1[C@H]([C@H]2/C=C/c2ccc(-c3cccc(F)c3)cn2)[C@@H](C)C(=O)N1C.CCOC(=O)N[C@@H]1CC[C@@H]2[C@@H](C1)C[C@H]1CC(=O)[C@H](C)[C@H]1[C@H]2/C=C/c1ccc(-c2cccc(F)c2)cn1.CCOC(=O)N[C@@H]1CC[C@@H]2[C@@H](C1)C[C@H]1CS(=O)(=O)[C@H](C)[C@H]1[C@H]2/C=C/c1ccc(-c2cccc(F)c2)cn1. The van der Waals surface area contributed by atoms with Gasteiger partial charge in [-0.15, -0.1) is 0 Å². The number of carbonyl (C=O) groups excluding carboxylic acids is 5. The van der Waals surface area contributed by atoms with Crippen LogP contribution in [0.4, 0.5) is 27.6 Å². The predicted molar refractivity (Wildman–Crippen MR) is 420 cm³/mol. The molecular formula is C89H106F3N7O10S. The molecule has 3 aromatic carbocycles. The van der Waals surface area contributed by atoms with Crippen molar-refractivity contribution in [3.63, 3.8) is 0 Å². The molecule has 584 valence electrons. The maximum Gasteiger partial charge on any atom is 0.407 e. The van der Waals surface area contributed by atoms with Gasteiger partial charge < -0.3 is 35.1 Å². The standard InChI is InChI=1S/C30H36FN3O3.C30H35FN2O3.C29H35FN2O4S/c1-4-37-30(36)33-24-11-12-25-21(15-24)16-27-28(18(2)29(35)34(27)3)26(25)13-10-23-9-8-20(17-32-23)19-6-5-7-22(31)14-19;1-3-36-30(35)33-25-10-11-26-21(15-25)13-22-16-28(34)18(2)29(22)27(26)12-9-24-8-7-20(17-32-24)19-5-4-6-23(31)14-19;1-3-36-29(33)32-25-10-11-26-21(15-25)13-22-17-37(34,35)18(2)28(22)27(26)12-9-24-8-7-20(16-31-24)19-5-4-6-23(30)14-19/h5-10,13-14,17-18,21,24-28H,4,11-12,15-16H2,1-3H3,(H,33,36);4-9,12,14,17-18,21-22,25-27,29H,3,10-11,13,15-16H2,1-2H3,(H,33,35);4-9,12,14,16,18,21-22,25-28H,3,10-11,13,15,17H2,1-2H3,(H,32,33)/b13-10+;2*12-9+/t18-,21+,24-,25-,26+,27-,28+;18-,21+,22-,25+,26+,27-,29+;18-,21-,22+,25-,26-,27+,28-/m101/s1. The molecule has 110 heavy (non-hydrogen) atoms. The van der Waals surface area contributed by atoms with Crippen molar-refractivity contribution < 1.29 is 59.8 Å². The zero-order valence-corrected chi connectivity index (χ0v) is 65.0. The maximum absolute atomic E-state index is 13.6. The Bertz CT molecular complexity index is 4450. The number of benzene rings is 3. The molecule has 9 fully saturated rings. The number of fused-ring (bicyclic) bond motifs is 6. The minimum Gasteiger partial charge on any atom is -0.450 e. The molecule has 0 radical (unpaired) electrons. The minimum absolute atomic E-state index is 0.00991. The summed E-state index contributed by atoms with van der Waals surface area (Å²) in [4.78, 5) is 77.4. The second-order valence-electron chi connectivity index (χ2n) is 32.4. The summed E-state index contributed by atoms with van der Waals surface area (Å²) in [5.41, 5.74) is 7.50. The molecule has 3 N–H and O–H groups in total. The van der Waals surface area contributed by atoms with Crippen LogP contribution < -0.4 is 16.0 Å². The van der Waals surface area contributed by atoms with E-state index in [4.69, 9.17) is 14.2 Å². The van der Waals surface area contributed by atoms with E-state index in [2.05, 4.69) is 75.1 Å². The number of allylic oxidation sites excluding steroid dienone is 3. The van der Waals surface area contributed by atoms with Crippen LogP contribution in [0, 0.1) is 112 Å². The lowest BCUT2D eigenvalue weighted by Crippen LogP contribution is -2.50. The lowest BCUT2D eigenvalue weighted by atomic mass is 9.57. The lowest BCUT2D eigenvalue weighted by molar-refractivity contribution is -0.130. The number of aromatic nitrogens is 3. The number of hydrogen-bond donors (Lipinski definition) is 3. The summed E-state index contributed by atoms with van der Waals surface area (Å²) < 4.78 is 81.9. The molecule has 4 amide bonds. The van der Waals surface area contributed by atoms with Gasteiger partial charge in [0, 0.05) is 84.8 Å². The average Bonchev–Trinajstić information content (AvgIpc) is 1.58. The summed E-state index contributed by atoms with van der Waals surface area (Å²) in [5, 5.41) is 8.74. The van der Waals surface area contributed by atoms with Gasteiger partial charge in [0.25, 0.3) is 0 Å². The highest BCUT2D eigenvalue weighted by Crippen LogP contribution is 2.58. The molecule has 0 spiro atoms. The number of halogens is 3. The number of rotatable bonds is 15. The third kappa shape index (κ3) is 18.1. The number of Topliss-reactive ketones (excluding diaryl/α,β-unsaturated/α-hetero) is 1. The van der Waals surface area contributed by atoms with Gasteiger partial charge >= 0.3 is 18.3 Å². The fourth-order valence-electron chi connectivity index (χ4n) is 21.3. The first-order chi connectivity index (χ1) is 53.0. The van der Waals surface area contributed by atoms with Crippen molar-refractivity contribution in [1.29, 1.82) is 0 Å². The van der Waals surface area contributed by atoms with Gasteiger partial charge in [-0.25, -0.2) is 36.0 Å². The van der Waals surface area contributed by atoms with E-state index in [-0.39, 0.29) is 118 Å². The highest BCUT2D eigenvalue weighted by Gasteiger charge is 2.57. The second kappa shape index (κ2) is 35.2. The van der Waals surface area contributed by atoms with Crippen molar-refractivity contribution in [1.82, 2.24) is 35.8 Å². The smallest absolute Gasteiger partial charge is 0.407 e. The summed E-state index contributed by atoms with van der Waals surface area (Å²) in [5.74, 6) is 4.79. The van der Waals surface area contributed by atoms with Gasteiger partial charge in [0.15, 0.2) is 9.84 Å². The Balaban J connectivity index is 0.000000145. The molecule has 15 rings (SSSR count). The molecule has 7 aliphatic carbocycles. The molecule has 6 aromatic rings. The number of pyridine rings is 3. The summed E-state index contributed by atoms with van der Waals surface area (Å²) in [6.45, 7) is 12.6. The zero-order valence-electron chi connectivity index (χ0n) is 64.1. The zero-order chi connectivity index (χ0) is 77.5. The topological polar surface area (TPSA) is 225 Å². The maximum atomic E-state index is 13.6. The largest absolute Gasteiger partial charge is 0.450 e. The number of sulfone groups is 1. The van der Waals surface area contributed by atoms with Crippen molar-refractivity contribution in [2.75, 3.05) is 32.6 Å². The Hall–Kier alpha value is -8.98. The van der Waals surface area contributed by atoms with Gasteiger partial charge in [-0.1, -0.05) is 86.7 Å². The second-order valence-corrected chi connectivity index (χ2v) is 34.8. The Morgan fingerprint density at radius 3 is 1.24 bits per heavy atom. The fraction of sp³-hybridized carbons (Fsp3) is 0.506. The number of nitrogens with zero attached hydrogens (tertiary/aromatic N) is 4. The van der Waals surface area contributed by atoms with E-state index in [9.17, 15) is 45.6 Å². The third-order valence-corrected chi connectivity index (χ3v) is 28.6. The van der Waals surface area contributed by atoms with Gasteiger partial charge in [-0.2, -0.15) is 0 Å². The summed E-state index contributed by atoms with van der Waals surface area (Å²) in [7, 11) is -1.18. The first-order valence-electron chi connectivity index (χ1n) is 40.0. The summed E-state index contributed by atoms with van der Waals surface area (Å²) >= 11 is 0. The monoisotopic (exact) mass is 1520 g/mol. The van der Waals surface area contributed by atoms with Gasteiger partial charge in [0.1, 0.15) is 23.2 Å². The van der Waals surface area contributed by atoms with Crippen LogP contribution in [-0.2, 0) is 33.6 Å². The van der Waals surface area contributed by atoms with Crippen LogP contribution in [0.1, 0.15) is 142 Å². The Morgan fingerprint density at radius 2 is 0.855 bits per heavy atom. The number of amides is 4. The number of likely N-dealkylation sites (tertiary alicyclic amines) is 1. The molecule has 2 saturated heterocycles. The summed E-state index contributed by atoms with van der Waals surface area (Å²) in [6.07, 6.45) is 29.3. The van der Waals surface area contributed by atoms with E-state index in [1.165, 1.54) is 36.4 Å². The number of alkyl carbamates (subject to hydrolysis) is 3. The lowest BCUT2D eigenvalue weighted by Gasteiger charge is -2.49. The Labute approximate surface area is 645 Å². The van der Waals surface area contributed by atoms with E-state index in [0.717, 1.165) is 128 Å². The first kappa shape index (κ1) is 79.1. The molecule has 9 aliphatic rings. The van der Waals surface area contributed by atoms with E-state index in [1.807, 2.05) is 93.4 Å². The molecule has 21 atom stereocenters. The van der Waals surface area contributed by atoms with Crippen LogP contribution in [0.2, 0.25) is 0 Å². The van der Waals surface area contributed by atoms with E-state index in [1.54, 1.807) is 43.7 Å². The average molecular weight is 1520 g/mol. The van der Waals surface area contributed by atoms with Crippen molar-refractivity contribution in [3.05, 3.63) is 181 Å². The van der Waals surface area contributed by atoms with Crippen LogP contribution in [0.25, 0.3) is 51.6 Å². The van der Waals surface area contributed by atoms with E-state index in [0.29, 0.717) is 85.3 Å². The molecule has 21 heteroatoms. The third-order valence-electron chi connectivity index (χ3n) is 26.2. The molecule has 17 nitrogen and oxygen atoms in total. The van der Waals surface area contributed by atoms with Crippen LogP contribution >= 0.6 is 0 Å². The van der Waals surface area contributed by atoms with Gasteiger partial charge in [-0.05, 0) is 277 Å². The number of nitrogens with one attached hydrogen (secondary N) is 3. The van der Waals surface area contributed by atoms with Crippen LogP contribution in [0.3, 0.4) is 0 Å². The molecule has 5 heterocycles. The first-order valence-corrected chi connectivity index (χ1v) is 41.8. The normalized spacial score (nSPS) is 31.8. The molecule has 7 saturated carbocycles. The number of hydrogen-bond acceptors (Lipinski definition) is 13. The molecule has 0 unspecified atom stereocenters. The van der Waals surface area contributed by atoms with E-state index < -0.39 is 9.84 Å². The number of ketones is 1. The van der Waals surface area contributed by atoms with Crippen molar-refractivity contribution in [3.8, 4) is 33.4 Å². The summed E-state index contributed by atoms with van der Waals surface area (Å²) in [6, 6.07) is 31.8. The van der Waals surface area contributed by atoms with Crippen molar-refractivity contribution in [2.24, 2.45) is 94.7 Å². The number of ether oxygens (including phenoxy) is 3. The molecule has 0 bridgehead atoms. The van der Waals surface area contributed by atoms with Crippen LogP contribution in [0.5, 0.6) is 0 Å². The van der Waals surface area contributed by atoms with Gasteiger partial charge in [-0.3, -0.25) is 24.5 Å². The van der Waals surface area contributed by atoms with Gasteiger partial charge in [0.2, 0.25) is 5.91 Å². The van der Waals surface area contributed by atoms with E-state index >= 15 is 0 Å². The minimum atomic E-state index is -3.12. The molecule has 3 aromatic heterocycles. The molecular weight excluding hydrogens is 1420 g/mol. The fourth-order valence-corrected chi connectivity index (χ4v) is 23.4.